The highest BCUT2D eigenvalue weighted by Crippen LogP contribution is 2.33. The van der Waals surface area contributed by atoms with Crippen LogP contribution in [0.25, 0.3) is 0 Å². The summed E-state index contributed by atoms with van der Waals surface area (Å²) in [5.74, 6) is -0.617. The van der Waals surface area contributed by atoms with Crippen molar-refractivity contribution in [1.29, 1.82) is 0 Å². The lowest BCUT2D eigenvalue weighted by Gasteiger charge is -2.25. The van der Waals surface area contributed by atoms with Crippen molar-refractivity contribution in [3.63, 3.8) is 0 Å². The summed E-state index contributed by atoms with van der Waals surface area (Å²) in [7, 11) is 1.51. The molecule has 1 aliphatic heterocycles. The number of rotatable bonds is 8. The quantitative estimate of drug-likeness (QED) is 0.451. The average Bonchev–Trinajstić information content (AvgIpc) is 3.08. The first kappa shape index (κ1) is 21.9. The molecular weight excluding hydrogens is 396 g/mol. The maximum Gasteiger partial charge on any atom is 0.338 e. The van der Waals surface area contributed by atoms with E-state index in [9.17, 15) is 19.5 Å². The highest BCUT2D eigenvalue weighted by Gasteiger charge is 2.49. The lowest BCUT2D eigenvalue weighted by atomic mass is 10.1. The van der Waals surface area contributed by atoms with Crippen molar-refractivity contribution in [3.05, 3.63) is 68.5 Å². The maximum absolute atomic E-state index is 12.6. The van der Waals surface area contributed by atoms with Crippen LogP contribution in [0, 0.1) is 6.92 Å². The summed E-state index contributed by atoms with van der Waals surface area (Å²) in [6.07, 6.45) is -2.55. The lowest BCUT2D eigenvalue weighted by Crippen LogP contribution is -2.42. The third-order valence-electron chi connectivity index (χ3n) is 4.74. The topological polar surface area (TPSA) is 129 Å². The van der Waals surface area contributed by atoms with Crippen LogP contribution in [0.3, 0.4) is 0 Å². The second-order valence-corrected chi connectivity index (χ2v) is 6.79. The molecule has 0 bridgehead atoms. The van der Waals surface area contributed by atoms with Gasteiger partial charge in [-0.15, -0.1) is 0 Å². The van der Waals surface area contributed by atoms with Gasteiger partial charge in [0.1, 0.15) is 12.2 Å². The van der Waals surface area contributed by atoms with Gasteiger partial charge in [0.15, 0.2) is 12.3 Å². The molecule has 2 heterocycles. The number of aliphatic hydroxyl groups is 1. The zero-order valence-corrected chi connectivity index (χ0v) is 16.6. The smallest absolute Gasteiger partial charge is 0.338 e. The van der Waals surface area contributed by atoms with E-state index < -0.39 is 48.4 Å². The first-order valence-corrected chi connectivity index (χ1v) is 9.41. The second kappa shape index (κ2) is 9.81. The standard InChI is InChI=1S/C20H24N2O8/c1-12-10-22(20(26)21-17(12)24)18-16(28-9-8-27-2)15(14(11-23)29-18)30-19(25)13-6-4-3-5-7-13/h3-7,10,14-16,18,23H,8-9,11H2,1-2H3,(H,21,24,26)/t14-,15-,16-,18-/m1/s1. The molecule has 1 fully saturated rings. The van der Waals surface area contributed by atoms with Gasteiger partial charge in [0.05, 0.1) is 25.4 Å². The number of H-pyrrole nitrogens is 1. The van der Waals surface area contributed by atoms with Gasteiger partial charge in [-0.25, -0.2) is 9.59 Å². The van der Waals surface area contributed by atoms with Gasteiger partial charge in [-0.05, 0) is 19.1 Å². The number of methoxy groups -OCH3 is 1. The number of aliphatic hydroxyl groups excluding tert-OH is 1. The molecular formula is C20H24N2O8. The Bertz CT molecular complexity index is 971. The Morgan fingerprint density at radius 3 is 2.60 bits per heavy atom. The van der Waals surface area contributed by atoms with E-state index in [2.05, 4.69) is 4.98 Å². The molecule has 1 aromatic carbocycles. The Hall–Kier alpha value is -2.79. The number of carbonyl (C=O) groups is 1. The average molecular weight is 420 g/mol. The van der Waals surface area contributed by atoms with Crippen LogP contribution in [0.4, 0.5) is 0 Å². The summed E-state index contributed by atoms with van der Waals surface area (Å²) in [6.45, 7) is 1.47. The molecule has 0 saturated carbocycles. The van der Waals surface area contributed by atoms with E-state index in [4.69, 9.17) is 18.9 Å². The highest BCUT2D eigenvalue weighted by molar-refractivity contribution is 5.89. The van der Waals surface area contributed by atoms with Crippen molar-refractivity contribution in [2.75, 3.05) is 26.9 Å². The molecule has 2 aromatic rings. The normalized spacial score (nSPS) is 23.4. The van der Waals surface area contributed by atoms with E-state index in [1.807, 2.05) is 0 Å². The van der Waals surface area contributed by atoms with Gasteiger partial charge in [0, 0.05) is 18.9 Å². The lowest BCUT2D eigenvalue weighted by molar-refractivity contribution is -0.0833. The molecule has 0 unspecified atom stereocenters. The van der Waals surface area contributed by atoms with Gasteiger partial charge in [0.2, 0.25) is 0 Å². The highest BCUT2D eigenvalue weighted by atomic mass is 16.6. The number of aryl methyl sites for hydroxylation is 1. The molecule has 0 spiro atoms. The monoisotopic (exact) mass is 420 g/mol. The van der Waals surface area contributed by atoms with Gasteiger partial charge >= 0.3 is 11.7 Å². The van der Waals surface area contributed by atoms with Gasteiger partial charge in [-0.3, -0.25) is 14.3 Å². The molecule has 2 N–H and O–H groups in total. The second-order valence-electron chi connectivity index (χ2n) is 6.79. The first-order valence-electron chi connectivity index (χ1n) is 9.41. The van der Waals surface area contributed by atoms with Crippen molar-refractivity contribution in [1.82, 2.24) is 9.55 Å². The SMILES string of the molecule is COCCO[C@@H]1[C@H](OC(=O)c2ccccc2)[C@@H](CO)O[C@H]1n1cc(C)c(=O)[nH]c1=O. The summed E-state index contributed by atoms with van der Waals surface area (Å²) in [6, 6.07) is 8.36. The van der Waals surface area contributed by atoms with Crippen LogP contribution in [0.15, 0.2) is 46.1 Å². The summed E-state index contributed by atoms with van der Waals surface area (Å²) >= 11 is 0. The van der Waals surface area contributed by atoms with Crippen LogP contribution in [0.2, 0.25) is 0 Å². The fourth-order valence-electron chi connectivity index (χ4n) is 3.21. The Morgan fingerprint density at radius 2 is 1.93 bits per heavy atom. The Labute approximate surface area is 172 Å². The van der Waals surface area contributed by atoms with Crippen molar-refractivity contribution in [3.8, 4) is 0 Å². The minimum absolute atomic E-state index is 0.135. The van der Waals surface area contributed by atoms with E-state index >= 15 is 0 Å². The van der Waals surface area contributed by atoms with E-state index in [1.54, 1.807) is 37.3 Å². The minimum atomic E-state index is -1.03. The van der Waals surface area contributed by atoms with Crippen LogP contribution in [0.1, 0.15) is 22.1 Å². The van der Waals surface area contributed by atoms with Crippen molar-refractivity contribution in [2.45, 2.75) is 31.5 Å². The number of ether oxygens (including phenoxy) is 4. The van der Waals surface area contributed by atoms with Gasteiger partial charge < -0.3 is 24.1 Å². The third kappa shape index (κ3) is 4.68. The van der Waals surface area contributed by atoms with Crippen molar-refractivity contribution < 1.29 is 28.8 Å². The summed E-state index contributed by atoms with van der Waals surface area (Å²) in [5, 5.41) is 9.80. The molecule has 1 aromatic heterocycles. The zero-order valence-electron chi connectivity index (χ0n) is 16.6. The van der Waals surface area contributed by atoms with Gasteiger partial charge in [0.25, 0.3) is 5.56 Å². The van der Waals surface area contributed by atoms with Crippen molar-refractivity contribution >= 4 is 5.97 Å². The van der Waals surface area contributed by atoms with Gasteiger partial charge in [-0.1, -0.05) is 18.2 Å². The molecule has 162 valence electrons. The molecule has 10 heteroatoms. The van der Waals surface area contributed by atoms with E-state index in [0.717, 1.165) is 4.57 Å². The minimum Gasteiger partial charge on any atom is -0.453 e. The number of benzene rings is 1. The third-order valence-corrected chi connectivity index (χ3v) is 4.74. The van der Waals surface area contributed by atoms with Crippen LogP contribution in [-0.2, 0) is 18.9 Å². The Kier molecular flexibility index (Phi) is 7.16. The molecule has 0 amide bonds. The number of nitrogens with one attached hydrogen (secondary N) is 1. The maximum atomic E-state index is 12.6. The van der Waals surface area contributed by atoms with Crippen LogP contribution >= 0.6 is 0 Å². The molecule has 1 aliphatic rings. The first-order chi connectivity index (χ1) is 14.5. The fraction of sp³-hybridized carbons (Fsp3) is 0.450. The molecule has 0 radical (unpaired) electrons. The van der Waals surface area contributed by atoms with E-state index in [-0.39, 0.29) is 13.2 Å². The number of aromatic amines is 1. The summed E-state index contributed by atoms with van der Waals surface area (Å²) < 4.78 is 23.4. The number of hydrogen-bond donors (Lipinski definition) is 2. The Morgan fingerprint density at radius 1 is 1.20 bits per heavy atom. The van der Waals surface area contributed by atoms with Crippen LogP contribution in [-0.4, -0.2) is 65.9 Å². The molecule has 1 saturated heterocycles. The zero-order chi connectivity index (χ0) is 21.7. The Balaban J connectivity index is 1.93. The number of nitrogens with zero attached hydrogens (tertiary/aromatic N) is 1. The number of aromatic nitrogens is 2. The predicted molar refractivity (Wildman–Crippen MR) is 104 cm³/mol. The number of hydrogen-bond acceptors (Lipinski definition) is 8. The van der Waals surface area contributed by atoms with E-state index in [0.29, 0.717) is 11.1 Å². The largest absolute Gasteiger partial charge is 0.453 e. The summed E-state index contributed by atoms with van der Waals surface area (Å²) in [5.41, 5.74) is -0.607. The molecule has 3 rings (SSSR count). The predicted octanol–water partition coefficient (Wildman–Crippen LogP) is -0.00808. The number of esters is 1. The molecule has 10 nitrogen and oxygen atoms in total. The van der Waals surface area contributed by atoms with Crippen LogP contribution < -0.4 is 11.2 Å². The summed E-state index contributed by atoms with van der Waals surface area (Å²) in [4.78, 5) is 38.9. The molecule has 0 aliphatic carbocycles. The van der Waals surface area contributed by atoms with Gasteiger partial charge in [-0.2, -0.15) is 0 Å². The van der Waals surface area contributed by atoms with E-state index in [1.165, 1.54) is 13.3 Å². The number of carbonyl (C=O) groups excluding carboxylic acids is 1. The fourth-order valence-corrected chi connectivity index (χ4v) is 3.21. The van der Waals surface area contributed by atoms with Crippen molar-refractivity contribution in [2.24, 2.45) is 0 Å². The molecule has 4 atom stereocenters. The van der Waals surface area contributed by atoms with Crippen LogP contribution in [0.5, 0.6) is 0 Å². The molecule has 30 heavy (non-hydrogen) atoms.